The van der Waals surface area contributed by atoms with E-state index in [0.29, 0.717) is 31.7 Å². The molecule has 0 bridgehead atoms. The van der Waals surface area contributed by atoms with Crippen molar-refractivity contribution in [2.24, 2.45) is 10.9 Å². The van der Waals surface area contributed by atoms with Gasteiger partial charge in [0.15, 0.2) is 5.96 Å². The Kier molecular flexibility index (Phi) is 11.0. The van der Waals surface area contributed by atoms with E-state index in [0.717, 1.165) is 51.2 Å². The topological polar surface area (TPSA) is 86.2 Å². The number of piperidine rings is 1. The van der Waals surface area contributed by atoms with Crippen molar-refractivity contribution in [3.63, 3.8) is 0 Å². The molecule has 7 heteroatoms. The van der Waals surface area contributed by atoms with Gasteiger partial charge in [0, 0.05) is 38.8 Å². The van der Waals surface area contributed by atoms with Crippen LogP contribution in [0.1, 0.15) is 52.9 Å². The summed E-state index contributed by atoms with van der Waals surface area (Å²) < 4.78 is 5.06. The lowest BCUT2D eigenvalue weighted by Gasteiger charge is -2.32. The predicted molar refractivity (Wildman–Crippen MR) is 101 cm³/mol. The zero-order chi connectivity index (χ0) is 18.5. The average molecular weight is 357 g/mol. The third-order valence-electron chi connectivity index (χ3n) is 4.45. The number of carbonyl (C=O) groups excluding carboxylic acids is 1. The van der Waals surface area contributed by atoms with E-state index in [2.05, 4.69) is 24.5 Å². The minimum Gasteiger partial charge on any atom is -0.450 e. The molecule has 0 aromatic carbocycles. The number of nitrogens with one attached hydrogen (secondary N) is 2. The van der Waals surface area contributed by atoms with Crippen molar-refractivity contribution in [1.29, 1.82) is 0 Å². The zero-order valence-electron chi connectivity index (χ0n) is 16.1. The van der Waals surface area contributed by atoms with Gasteiger partial charge in [-0.2, -0.15) is 0 Å². The molecule has 0 aliphatic carbocycles. The zero-order valence-corrected chi connectivity index (χ0v) is 16.1. The lowest BCUT2D eigenvalue weighted by Crippen LogP contribution is -2.50. The summed E-state index contributed by atoms with van der Waals surface area (Å²) in [5.41, 5.74) is 0. The highest BCUT2D eigenvalue weighted by Gasteiger charge is 2.24. The van der Waals surface area contributed by atoms with Crippen LogP contribution in [0.4, 0.5) is 4.79 Å². The van der Waals surface area contributed by atoms with Gasteiger partial charge in [-0.05, 0) is 45.4 Å². The molecular weight excluding hydrogens is 320 g/mol. The lowest BCUT2D eigenvalue weighted by molar-refractivity contribution is 0.0963. The first-order chi connectivity index (χ1) is 12.1. The normalized spacial score (nSPS) is 17.3. The van der Waals surface area contributed by atoms with Gasteiger partial charge in [-0.25, -0.2) is 4.79 Å². The Morgan fingerprint density at radius 1 is 1.28 bits per heavy atom. The Labute approximate surface area is 152 Å². The van der Waals surface area contributed by atoms with Crippen LogP contribution in [-0.2, 0) is 4.74 Å². The molecule has 1 unspecified atom stereocenters. The van der Waals surface area contributed by atoms with Crippen molar-refractivity contribution < 1.29 is 14.6 Å². The molecule has 1 aliphatic heterocycles. The van der Waals surface area contributed by atoms with Gasteiger partial charge in [0.05, 0.1) is 6.61 Å². The standard InChI is InChI=1S/C18H36N4O3/c1-4-7-15(10-13-23)14-20-17(19-5-2)21-16-8-11-22(12-9-16)18(24)25-6-3/h15-16,23H,4-14H2,1-3H3,(H2,19,20,21). The maximum Gasteiger partial charge on any atom is 0.409 e. The minimum absolute atomic E-state index is 0.215. The first-order valence-corrected chi connectivity index (χ1v) is 9.71. The van der Waals surface area contributed by atoms with Crippen LogP contribution in [0.2, 0.25) is 0 Å². The Balaban J connectivity index is 2.49. The van der Waals surface area contributed by atoms with Crippen LogP contribution in [0.5, 0.6) is 0 Å². The van der Waals surface area contributed by atoms with Crippen molar-refractivity contribution in [2.75, 3.05) is 39.4 Å². The summed E-state index contributed by atoms with van der Waals surface area (Å²) in [6, 6.07) is 0.311. The second-order valence-electron chi connectivity index (χ2n) is 6.49. The fourth-order valence-electron chi connectivity index (χ4n) is 3.07. The number of hydrogen-bond acceptors (Lipinski definition) is 4. The molecule has 0 saturated carbocycles. The molecule has 1 saturated heterocycles. The highest BCUT2D eigenvalue weighted by molar-refractivity contribution is 5.80. The highest BCUT2D eigenvalue weighted by Crippen LogP contribution is 2.13. The van der Waals surface area contributed by atoms with E-state index in [1.54, 1.807) is 4.90 Å². The minimum atomic E-state index is -0.215. The van der Waals surface area contributed by atoms with E-state index in [1.165, 1.54) is 0 Å². The van der Waals surface area contributed by atoms with Gasteiger partial charge in [-0.3, -0.25) is 4.99 Å². The molecule has 3 N–H and O–H groups in total. The number of hydrogen-bond donors (Lipinski definition) is 3. The molecule has 7 nitrogen and oxygen atoms in total. The van der Waals surface area contributed by atoms with Crippen molar-refractivity contribution >= 4 is 12.1 Å². The molecule has 146 valence electrons. The molecule has 0 aromatic rings. The summed E-state index contributed by atoms with van der Waals surface area (Å²) in [5.74, 6) is 1.26. The van der Waals surface area contributed by atoms with Crippen molar-refractivity contribution in [3.8, 4) is 0 Å². The summed E-state index contributed by atoms with van der Waals surface area (Å²) in [5, 5.41) is 16.0. The monoisotopic (exact) mass is 356 g/mol. The van der Waals surface area contributed by atoms with Gasteiger partial charge in [0.25, 0.3) is 0 Å². The molecule has 0 spiro atoms. The molecule has 1 heterocycles. The van der Waals surface area contributed by atoms with Crippen molar-refractivity contribution in [3.05, 3.63) is 0 Å². The molecule has 1 atom stereocenters. The molecule has 0 radical (unpaired) electrons. The second kappa shape index (κ2) is 12.8. The first-order valence-electron chi connectivity index (χ1n) is 9.71. The SMILES string of the molecule is CCCC(CCO)CN=C(NCC)NC1CCN(C(=O)OCC)CC1. The number of guanidine groups is 1. The summed E-state index contributed by atoms with van der Waals surface area (Å²) in [7, 11) is 0. The Hall–Kier alpha value is -1.50. The van der Waals surface area contributed by atoms with Gasteiger partial charge in [-0.1, -0.05) is 13.3 Å². The summed E-state index contributed by atoms with van der Waals surface area (Å²) in [6.45, 7) is 9.63. The van der Waals surface area contributed by atoms with Crippen LogP contribution in [0, 0.1) is 5.92 Å². The fraction of sp³-hybridized carbons (Fsp3) is 0.889. The second-order valence-corrected chi connectivity index (χ2v) is 6.49. The largest absolute Gasteiger partial charge is 0.450 e. The van der Waals surface area contributed by atoms with Crippen molar-refractivity contribution in [2.45, 2.75) is 58.9 Å². The van der Waals surface area contributed by atoms with Gasteiger partial charge >= 0.3 is 6.09 Å². The van der Waals surface area contributed by atoms with E-state index < -0.39 is 0 Å². The van der Waals surface area contributed by atoms with Crippen LogP contribution in [0.15, 0.2) is 4.99 Å². The van der Waals surface area contributed by atoms with Crippen LogP contribution < -0.4 is 10.6 Å². The summed E-state index contributed by atoms with van der Waals surface area (Å²) >= 11 is 0. The molecule has 1 amide bonds. The van der Waals surface area contributed by atoms with E-state index in [-0.39, 0.29) is 12.7 Å². The molecule has 25 heavy (non-hydrogen) atoms. The number of nitrogens with zero attached hydrogens (tertiary/aromatic N) is 2. The van der Waals surface area contributed by atoms with Gasteiger partial charge in [0.1, 0.15) is 0 Å². The third kappa shape index (κ3) is 8.43. The molecule has 1 aliphatic rings. The van der Waals surface area contributed by atoms with Crippen LogP contribution in [0.25, 0.3) is 0 Å². The predicted octanol–water partition coefficient (Wildman–Crippen LogP) is 1.96. The van der Waals surface area contributed by atoms with Gasteiger partial charge < -0.3 is 25.4 Å². The van der Waals surface area contributed by atoms with E-state index >= 15 is 0 Å². The number of rotatable bonds is 9. The molecule has 0 aromatic heterocycles. The maximum absolute atomic E-state index is 11.8. The number of aliphatic hydroxyl groups is 1. The summed E-state index contributed by atoms with van der Waals surface area (Å²) in [4.78, 5) is 18.2. The third-order valence-corrected chi connectivity index (χ3v) is 4.45. The van der Waals surface area contributed by atoms with Crippen LogP contribution >= 0.6 is 0 Å². The number of aliphatic hydroxyl groups excluding tert-OH is 1. The molecule has 1 fully saturated rings. The first kappa shape index (κ1) is 21.5. The average Bonchev–Trinajstić information content (AvgIpc) is 2.61. The quantitative estimate of drug-likeness (QED) is 0.434. The smallest absolute Gasteiger partial charge is 0.409 e. The number of likely N-dealkylation sites (tertiary alicyclic amines) is 1. The number of aliphatic imine (C=N–C) groups is 1. The van der Waals surface area contributed by atoms with Gasteiger partial charge in [-0.15, -0.1) is 0 Å². The maximum atomic E-state index is 11.8. The highest BCUT2D eigenvalue weighted by atomic mass is 16.6. The van der Waals surface area contributed by atoms with Crippen LogP contribution in [0.3, 0.4) is 0 Å². The lowest BCUT2D eigenvalue weighted by atomic mass is 10.0. The summed E-state index contributed by atoms with van der Waals surface area (Å²) in [6.07, 6.45) is 4.55. The number of carbonyl (C=O) groups is 1. The van der Waals surface area contributed by atoms with Crippen LogP contribution in [-0.4, -0.2) is 67.5 Å². The molecular formula is C18H36N4O3. The Morgan fingerprint density at radius 3 is 2.56 bits per heavy atom. The van der Waals surface area contributed by atoms with E-state index in [1.807, 2.05) is 6.92 Å². The Bertz CT molecular complexity index is 390. The van der Waals surface area contributed by atoms with Crippen molar-refractivity contribution in [1.82, 2.24) is 15.5 Å². The Morgan fingerprint density at radius 2 is 2.00 bits per heavy atom. The number of amides is 1. The molecule has 1 rings (SSSR count). The fourth-order valence-corrected chi connectivity index (χ4v) is 3.07. The van der Waals surface area contributed by atoms with Gasteiger partial charge in [0.2, 0.25) is 0 Å². The van der Waals surface area contributed by atoms with E-state index in [9.17, 15) is 9.90 Å². The van der Waals surface area contributed by atoms with E-state index in [4.69, 9.17) is 9.73 Å². The number of ether oxygens (including phenoxy) is 1.